The van der Waals surface area contributed by atoms with E-state index in [0.29, 0.717) is 16.3 Å². The summed E-state index contributed by atoms with van der Waals surface area (Å²) in [4.78, 5) is 38.7. The van der Waals surface area contributed by atoms with Crippen molar-refractivity contribution in [3.8, 4) is 0 Å². The molecule has 2 heterocycles. The number of imide groups is 2. The number of aryl methyl sites for hydroxylation is 1. The first-order valence-corrected chi connectivity index (χ1v) is 8.97. The number of carbonyl (C=O) groups excluding carboxylic acids is 3. The largest absolute Gasteiger partial charge is 0.349 e. The molecule has 0 saturated carbocycles. The lowest BCUT2D eigenvalue weighted by Crippen LogP contribution is -2.54. The van der Waals surface area contributed by atoms with Crippen molar-refractivity contribution in [3.05, 3.63) is 57.4 Å². The van der Waals surface area contributed by atoms with E-state index in [4.69, 9.17) is 11.6 Å². The Balaban J connectivity index is 2.09. The molecule has 0 radical (unpaired) electrons. The van der Waals surface area contributed by atoms with Gasteiger partial charge in [-0.2, -0.15) is 0 Å². The standard InChI is InChI=1S/C20H20ClN3O3/c1-5-23-11(2)9-14(13(23)4)10-15-18(25)22-20(27)24(19(15)26)17-8-6-7-16(21)12(17)3/h6-10H,5H2,1-4H3,(H,22,25,27)/b15-10+. The van der Waals surface area contributed by atoms with Crippen LogP contribution in [0.25, 0.3) is 6.08 Å². The molecular formula is C20H20ClN3O3. The highest BCUT2D eigenvalue weighted by Gasteiger charge is 2.37. The van der Waals surface area contributed by atoms with Gasteiger partial charge in [0.15, 0.2) is 0 Å². The summed E-state index contributed by atoms with van der Waals surface area (Å²) in [6.45, 7) is 8.42. The number of aromatic nitrogens is 1. The summed E-state index contributed by atoms with van der Waals surface area (Å²) in [6.07, 6.45) is 1.53. The highest BCUT2D eigenvalue weighted by Crippen LogP contribution is 2.30. The fourth-order valence-electron chi connectivity index (χ4n) is 3.33. The minimum atomic E-state index is -0.786. The highest BCUT2D eigenvalue weighted by molar-refractivity contribution is 6.40. The zero-order valence-electron chi connectivity index (χ0n) is 15.6. The third-order valence-electron chi connectivity index (χ3n) is 4.81. The summed E-state index contributed by atoms with van der Waals surface area (Å²) in [5.41, 5.74) is 3.59. The summed E-state index contributed by atoms with van der Waals surface area (Å²) in [5.74, 6) is -1.38. The Bertz CT molecular complexity index is 1000. The van der Waals surface area contributed by atoms with Crippen molar-refractivity contribution in [2.24, 2.45) is 0 Å². The van der Waals surface area contributed by atoms with Crippen LogP contribution in [0.1, 0.15) is 29.4 Å². The molecule has 4 amide bonds. The Kier molecular flexibility index (Phi) is 4.93. The predicted octanol–water partition coefficient (Wildman–Crippen LogP) is 3.75. The lowest BCUT2D eigenvalue weighted by Gasteiger charge is -2.27. The Morgan fingerprint density at radius 1 is 1.15 bits per heavy atom. The van der Waals surface area contributed by atoms with Crippen LogP contribution in [0.2, 0.25) is 5.02 Å². The predicted molar refractivity (Wildman–Crippen MR) is 105 cm³/mol. The summed E-state index contributed by atoms with van der Waals surface area (Å²) >= 11 is 6.13. The molecule has 27 heavy (non-hydrogen) atoms. The van der Waals surface area contributed by atoms with Crippen LogP contribution in [0.5, 0.6) is 0 Å². The molecule has 3 rings (SSSR count). The average molecular weight is 386 g/mol. The van der Waals surface area contributed by atoms with E-state index in [1.165, 1.54) is 6.08 Å². The van der Waals surface area contributed by atoms with Crippen LogP contribution >= 0.6 is 11.6 Å². The van der Waals surface area contributed by atoms with Gasteiger partial charge in [0.2, 0.25) is 0 Å². The van der Waals surface area contributed by atoms with Gasteiger partial charge >= 0.3 is 6.03 Å². The van der Waals surface area contributed by atoms with Crippen molar-refractivity contribution in [3.63, 3.8) is 0 Å². The van der Waals surface area contributed by atoms with Crippen molar-refractivity contribution in [1.82, 2.24) is 9.88 Å². The average Bonchev–Trinajstić information content (AvgIpc) is 2.88. The number of nitrogens with zero attached hydrogens (tertiary/aromatic N) is 2. The Labute approximate surface area is 162 Å². The zero-order valence-corrected chi connectivity index (χ0v) is 16.3. The van der Waals surface area contributed by atoms with Gasteiger partial charge in [0.05, 0.1) is 5.69 Å². The van der Waals surface area contributed by atoms with Gasteiger partial charge in [-0.1, -0.05) is 17.7 Å². The number of barbiturate groups is 1. The van der Waals surface area contributed by atoms with Gasteiger partial charge in [-0.3, -0.25) is 14.9 Å². The van der Waals surface area contributed by atoms with E-state index < -0.39 is 17.8 Å². The number of carbonyl (C=O) groups is 3. The molecule has 2 aromatic rings. The molecule has 0 atom stereocenters. The SMILES string of the molecule is CCn1c(C)cc(/C=C2\C(=O)NC(=O)N(c3cccc(Cl)c3C)C2=O)c1C. The van der Waals surface area contributed by atoms with Gasteiger partial charge in [-0.25, -0.2) is 9.69 Å². The molecule has 1 aromatic carbocycles. The quantitative estimate of drug-likeness (QED) is 0.646. The van der Waals surface area contributed by atoms with Crippen LogP contribution in [0.4, 0.5) is 10.5 Å². The lowest BCUT2D eigenvalue weighted by atomic mass is 10.1. The molecule has 1 aliphatic rings. The fraction of sp³-hybridized carbons (Fsp3) is 0.250. The van der Waals surface area contributed by atoms with Gasteiger partial charge in [0, 0.05) is 23.0 Å². The smallest absolute Gasteiger partial charge is 0.335 e. The maximum Gasteiger partial charge on any atom is 0.335 e. The second-order valence-corrected chi connectivity index (χ2v) is 6.82. The van der Waals surface area contributed by atoms with E-state index in [9.17, 15) is 14.4 Å². The molecule has 0 bridgehead atoms. The highest BCUT2D eigenvalue weighted by atomic mass is 35.5. The maximum absolute atomic E-state index is 13.0. The van der Waals surface area contributed by atoms with Gasteiger partial charge in [-0.15, -0.1) is 0 Å². The van der Waals surface area contributed by atoms with Crippen LogP contribution in [-0.4, -0.2) is 22.4 Å². The first kappa shape index (κ1) is 18.9. The molecule has 1 aromatic heterocycles. The van der Waals surface area contributed by atoms with E-state index in [2.05, 4.69) is 9.88 Å². The molecule has 1 fully saturated rings. The minimum absolute atomic E-state index is 0.0923. The van der Waals surface area contributed by atoms with Gasteiger partial charge in [0.1, 0.15) is 5.57 Å². The molecule has 1 saturated heterocycles. The molecule has 0 aliphatic carbocycles. The maximum atomic E-state index is 13.0. The third-order valence-corrected chi connectivity index (χ3v) is 5.22. The molecule has 140 valence electrons. The second kappa shape index (κ2) is 7.04. The zero-order chi connectivity index (χ0) is 19.9. The van der Waals surface area contributed by atoms with E-state index in [1.807, 2.05) is 26.8 Å². The molecule has 7 heteroatoms. The summed E-state index contributed by atoms with van der Waals surface area (Å²) < 4.78 is 2.08. The number of hydrogen-bond donors (Lipinski definition) is 1. The fourth-order valence-corrected chi connectivity index (χ4v) is 3.50. The van der Waals surface area contributed by atoms with Crippen molar-refractivity contribution >= 4 is 41.2 Å². The second-order valence-electron chi connectivity index (χ2n) is 6.41. The molecular weight excluding hydrogens is 366 g/mol. The first-order valence-electron chi connectivity index (χ1n) is 8.59. The van der Waals surface area contributed by atoms with E-state index in [-0.39, 0.29) is 5.57 Å². The molecule has 0 spiro atoms. The van der Waals surface area contributed by atoms with Crippen LogP contribution in [-0.2, 0) is 16.1 Å². The van der Waals surface area contributed by atoms with Crippen LogP contribution < -0.4 is 10.2 Å². The molecule has 1 aliphatic heterocycles. The number of hydrogen-bond acceptors (Lipinski definition) is 3. The van der Waals surface area contributed by atoms with Crippen LogP contribution in [0.15, 0.2) is 29.8 Å². The first-order chi connectivity index (χ1) is 12.8. The monoisotopic (exact) mass is 385 g/mol. The van der Waals surface area contributed by atoms with Crippen LogP contribution in [0, 0.1) is 20.8 Å². The molecule has 0 unspecified atom stereocenters. The number of benzene rings is 1. The number of amides is 4. The van der Waals surface area contributed by atoms with Crippen molar-refractivity contribution in [1.29, 1.82) is 0 Å². The molecule has 6 nitrogen and oxygen atoms in total. The topological polar surface area (TPSA) is 71.4 Å². The Morgan fingerprint density at radius 2 is 1.85 bits per heavy atom. The normalized spacial score (nSPS) is 16.3. The number of rotatable bonds is 3. The van der Waals surface area contributed by atoms with Gasteiger partial charge in [-0.05, 0) is 63.1 Å². The third kappa shape index (κ3) is 3.17. The van der Waals surface area contributed by atoms with E-state index in [1.54, 1.807) is 25.1 Å². The van der Waals surface area contributed by atoms with Crippen molar-refractivity contribution < 1.29 is 14.4 Å². The minimum Gasteiger partial charge on any atom is -0.349 e. The van der Waals surface area contributed by atoms with Gasteiger partial charge < -0.3 is 4.57 Å². The Hall–Kier alpha value is -2.86. The van der Waals surface area contributed by atoms with Gasteiger partial charge in [0.25, 0.3) is 11.8 Å². The number of halogens is 1. The summed E-state index contributed by atoms with van der Waals surface area (Å²) in [6, 6.07) is 6.08. The summed E-state index contributed by atoms with van der Waals surface area (Å²) in [5, 5.41) is 2.67. The molecule has 1 N–H and O–H groups in total. The number of nitrogens with one attached hydrogen (secondary N) is 1. The number of anilines is 1. The van der Waals surface area contributed by atoms with E-state index in [0.717, 1.165) is 28.4 Å². The van der Waals surface area contributed by atoms with Crippen molar-refractivity contribution in [2.75, 3.05) is 4.90 Å². The van der Waals surface area contributed by atoms with Crippen LogP contribution in [0.3, 0.4) is 0 Å². The Morgan fingerprint density at radius 3 is 2.48 bits per heavy atom. The number of urea groups is 1. The summed E-state index contributed by atoms with van der Waals surface area (Å²) in [7, 11) is 0. The van der Waals surface area contributed by atoms with E-state index >= 15 is 0 Å². The van der Waals surface area contributed by atoms with Crippen molar-refractivity contribution in [2.45, 2.75) is 34.2 Å². The lowest BCUT2D eigenvalue weighted by molar-refractivity contribution is -0.122.